The van der Waals surface area contributed by atoms with Gasteiger partial charge in [0.1, 0.15) is 0 Å². The van der Waals surface area contributed by atoms with Crippen LogP contribution in [-0.4, -0.2) is 18.2 Å². The van der Waals surface area contributed by atoms with Crippen LogP contribution in [-0.2, 0) is 6.42 Å². The average Bonchev–Trinajstić information content (AvgIpc) is 2.85. The summed E-state index contributed by atoms with van der Waals surface area (Å²) in [6, 6.07) is 6.14. The number of nitrogens with zero attached hydrogens (tertiary/aromatic N) is 2. The molecule has 0 aliphatic carbocycles. The van der Waals surface area contributed by atoms with Crippen LogP contribution in [0.25, 0.3) is 11.0 Å². The Balaban J connectivity index is 2.07. The van der Waals surface area contributed by atoms with Crippen molar-refractivity contribution in [3.8, 4) is 0 Å². The maximum atomic E-state index is 5.46. The van der Waals surface area contributed by atoms with Crippen LogP contribution >= 0.6 is 0 Å². The molecule has 0 N–H and O–H groups in total. The second-order valence-corrected chi connectivity index (χ2v) is 4.84. The first-order valence-electron chi connectivity index (χ1n) is 6.63. The van der Waals surface area contributed by atoms with Gasteiger partial charge in [-0.2, -0.15) is 0 Å². The van der Waals surface area contributed by atoms with Crippen molar-refractivity contribution in [3.63, 3.8) is 0 Å². The van der Waals surface area contributed by atoms with E-state index in [2.05, 4.69) is 22.7 Å². The van der Waals surface area contributed by atoms with Crippen LogP contribution < -0.4 is 4.90 Å². The molecule has 1 aromatic heterocycles. The highest BCUT2D eigenvalue weighted by molar-refractivity contribution is 5.91. The summed E-state index contributed by atoms with van der Waals surface area (Å²) in [5.74, 6) is 1.02. The van der Waals surface area contributed by atoms with Gasteiger partial charge in [-0.1, -0.05) is 23.4 Å². The van der Waals surface area contributed by atoms with Crippen LogP contribution in [0.5, 0.6) is 0 Å². The molecule has 0 atom stereocenters. The van der Waals surface area contributed by atoms with Crippen LogP contribution in [0.3, 0.4) is 0 Å². The molecule has 2 heterocycles. The van der Waals surface area contributed by atoms with Gasteiger partial charge < -0.3 is 9.42 Å². The van der Waals surface area contributed by atoms with E-state index >= 15 is 0 Å². The van der Waals surface area contributed by atoms with E-state index in [1.54, 1.807) is 0 Å². The lowest BCUT2D eigenvalue weighted by Gasteiger charge is -2.26. The van der Waals surface area contributed by atoms with Gasteiger partial charge in [-0.05, 0) is 37.3 Å². The van der Waals surface area contributed by atoms with Crippen molar-refractivity contribution in [3.05, 3.63) is 36.4 Å². The predicted molar refractivity (Wildman–Crippen MR) is 74.0 cm³/mol. The zero-order valence-electron chi connectivity index (χ0n) is 10.6. The highest BCUT2D eigenvalue weighted by atomic mass is 16.5. The number of allylic oxidation sites excluding steroid dienone is 1. The normalized spacial score (nSPS) is 16.1. The Hall–Kier alpha value is -1.77. The summed E-state index contributed by atoms with van der Waals surface area (Å²) in [4.78, 5) is 2.35. The van der Waals surface area contributed by atoms with E-state index in [1.165, 1.54) is 30.2 Å². The molecule has 1 fully saturated rings. The fourth-order valence-electron chi connectivity index (χ4n) is 2.69. The van der Waals surface area contributed by atoms with Gasteiger partial charge in [-0.3, -0.25) is 0 Å². The van der Waals surface area contributed by atoms with Crippen molar-refractivity contribution >= 4 is 16.8 Å². The van der Waals surface area contributed by atoms with Gasteiger partial charge >= 0.3 is 0 Å². The van der Waals surface area contributed by atoms with E-state index in [0.717, 1.165) is 30.9 Å². The first kappa shape index (κ1) is 11.3. The standard InChI is InChI=1S/C15H18N2O/c1-2-7-12-8-6-9-13-14(12)15(16-18-13)17-10-4-3-5-11-17/h2,6,8-9H,1,3-5,7,10-11H2. The molecule has 2 aromatic rings. The third-order valence-electron chi connectivity index (χ3n) is 3.59. The number of hydrogen-bond acceptors (Lipinski definition) is 3. The Morgan fingerprint density at radius 3 is 2.89 bits per heavy atom. The molecule has 3 rings (SSSR count). The van der Waals surface area contributed by atoms with Crippen LogP contribution in [0.4, 0.5) is 5.82 Å². The number of hydrogen-bond donors (Lipinski definition) is 0. The van der Waals surface area contributed by atoms with Crippen molar-refractivity contribution in [2.75, 3.05) is 18.0 Å². The van der Waals surface area contributed by atoms with Crippen molar-refractivity contribution in [2.24, 2.45) is 0 Å². The Bertz CT molecular complexity index is 553. The van der Waals surface area contributed by atoms with Gasteiger partial charge in [0.15, 0.2) is 11.4 Å². The molecule has 94 valence electrons. The Morgan fingerprint density at radius 2 is 2.11 bits per heavy atom. The van der Waals surface area contributed by atoms with Gasteiger partial charge in [-0.25, -0.2) is 0 Å². The largest absolute Gasteiger partial charge is 0.354 e. The summed E-state index contributed by atoms with van der Waals surface area (Å²) < 4.78 is 5.46. The minimum Gasteiger partial charge on any atom is -0.354 e. The van der Waals surface area contributed by atoms with Gasteiger partial charge in [0.05, 0.1) is 5.39 Å². The Morgan fingerprint density at radius 1 is 1.28 bits per heavy atom. The lowest BCUT2D eigenvalue weighted by atomic mass is 10.1. The summed E-state index contributed by atoms with van der Waals surface area (Å²) in [6.45, 7) is 6.00. The van der Waals surface area contributed by atoms with E-state index in [4.69, 9.17) is 4.52 Å². The van der Waals surface area contributed by atoms with Crippen molar-refractivity contribution in [1.82, 2.24) is 5.16 Å². The maximum absolute atomic E-state index is 5.46. The minimum absolute atomic E-state index is 0.861. The summed E-state index contributed by atoms with van der Waals surface area (Å²) in [7, 11) is 0. The highest BCUT2D eigenvalue weighted by Gasteiger charge is 2.19. The quantitative estimate of drug-likeness (QED) is 0.771. The van der Waals surface area contributed by atoms with Crippen LogP contribution in [0, 0.1) is 0 Å². The molecule has 0 amide bonds. The van der Waals surface area contributed by atoms with E-state index < -0.39 is 0 Å². The Labute approximate surface area is 107 Å². The third-order valence-corrected chi connectivity index (χ3v) is 3.59. The molecule has 3 nitrogen and oxygen atoms in total. The SMILES string of the molecule is C=CCc1cccc2onc(N3CCCCC3)c12. The van der Waals surface area contributed by atoms with Crippen LogP contribution in [0.2, 0.25) is 0 Å². The molecule has 0 radical (unpaired) electrons. The molecule has 18 heavy (non-hydrogen) atoms. The summed E-state index contributed by atoms with van der Waals surface area (Å²) in [6.07, 6.45) is 6.61. The van der Waals surface area contributed by atoms with Crippen molar-refractivity contribution < 1.29 is 4.52 Å². The number of rotatable bonds is 3. The molecule has 0 unspecified atom stereocenters. The fourth-order valence-corrected chi connectivity index (χ4v) is 2.69. The first-order chi connectivity index (χ1) is 8.90. The first-order valence-corrected chi connectivity index (χ1v) is 6.63. The van der Waals surface area contributed by atoms with Crippen molar-refractivity contribution in [1.29, 1.82) is 0 Å². The second kappa shape index (κ2) is 4.84. The molecular formula is C15H18N2O. The summed E-state index contributed by atoms with van der Waals surface area (Å²) in [5, 5.41) is 5.44. The van der Waals surface area contributed by atoms with E-state index in [1.807, 2.05) is 18.2 Å². The summed E-state index contributed by atoms with van der Waals surface area (Å²) in [5.41, 5.74) is 2.14. The zero-order valence-corrected chi connectivity index (χ0v) is 10.6. The maximum Gasteiger partial charge on any atom is 0.180 e. The average molecular weight is 242 g/mol. The molecule has 0 saturated carbocycles. The second-order valence-electron chi connectivity index (χ2n) is 4.84. The number of anilines is 1. The smallest absolute Gasteiger partial charge is 0.180 e. The fraction of sp³-hybridized carbons (Fsp3) is 0.400. The van der Waals surface area contributed by atoms with E-state index in [0.29, 0.717) is 0 Å². The van der Waals surface area contributed by atoms with Crippen LogP contribution in [0.15, 0.2) is 35.4 Å². The van der Waals surface area contributed by atoms with Gasteiger partial charge in [0, 0.05) is 13.1 Å². The minimum atomic E-state index is 0.861. The third kappa shape index (κ3) is 1.90. The molecule has 0 spiro atoms. The molecule has 1 aromatic carbocycles. The van der Waals surface area contributed by atoms with Crippen LogP contribution in [0.1, 0.15) is 24.8 Å². The predicted octanol–water partition coefficient (Wildman–Crippen LogP) is 3.55. The van der Waals surface area contributed by atoms with Gasteiger partial charge in [-0.15, -0.1) is 6.58 Å². The molecule has 3 heteroatoms. The monoisotopic (exact) mass is 242 g/mol. The molecule has 0 bridgehead atoms. The van der Waals surface area contributed by atoms with Crippen molar-refractivity contribution in [2.45, 2.75) is 25.7 Å². The number of benzene rings is 1. The molecule has 1 aliphatic heterocycles. The zero-order chi connectivity index (χ0) is 12.4. The van der Waals surface area contributed by atoms with Gasteiger partial charge in [0.25, 0.3) is 0 Å². The lowest BCUT2D eigenvalue weighted by molar-refractivity contribution is 0.449. The topological polar surface area (TPSA) is 29.3 Å². The molecule has 1 saturated heterocycles. The lowest BCUT2D eigenvalue weighted by Crippen LogP contribution is -2.29. The number of piperidine rings is 1. The Kier molecular flexibility index (Phi) is 3.05. The summed E-state index contributed by atoms with van der Waals surface area (Å²) >= 11 is 0. The highest BCUT2D eigenvalue weighted by Crippen LogP contribution is 2.31. The number of fused-ring (bicyclic) bond motifs is 1. The number of aromatic nitrogens is 1. The molecule has 1 aliphatic rings. The molecular weight excluding hydrogens is 224 g/mol. The van der Waals surface area contributed by atoms with Gasteiger partial charge in [0.2, 0.25) is 0 Å². The van der Waals surface area contributed by atoms with E-state index in [-0.39, 0.29) is 0 Å². The van der Waals surface area contributed by atoms with E-state index in [9.17, 15) is 0 Å².